The number of nitrogens with zero attached hydrogens (tertiary/aromatic N) is 1. The zero-order valence-corrected chi connectivity index (χ0v) is 14.3. The van der Waals surface area contributed by atoms with Gasteiger partial charge in [-0.2, -0.15) is 0 Å². The van der Waals surface area contributed by atoms with Crippen molar-refractivity contribution in [2.24, 2.45) is 5.41 Å². The van der Waals surface area contributed by atoms with Crippen LogP contribution in [-0.2, 0) is 17.8 Å². The summed E-state index contributed by atoms with van der Waals surface area (Å²) in [5.74, 6) is 1.76. The van der Waals surface area contributed by atoms with Crippen LogP contribution in [0, 0.1) is 5.41 Å². The van der Waals surface area contributed by atoms with Crippen LogP contribution in [-0.4, -0.2) is 44.7 Å². The standard InChI is InChI=1S/C18H26N2O3/c1-18(6-4-7-19-12-18)17(21)20-8-5-13-9-15(22-2)16(23-3)10-14(13)11-20/h9-10,19H,4-8,11-12H2,1-3H3. The van der Waals surface area contributed by atoms with Crippen LogP contribution in [0.15, 0.2) is 12.1 Å². The maximum atomic E-state index is 13.0. The van der Waals surface area contributed by atoms with E-state index in [9.17, 15) is 4.79 Å². The summed E-state index contributed by atoms with van der Waals surface area (Å²) in [5, 5.41) is 3.36. The number of hydrogen-bond donors (Lipinski definition) is 1. The van der Waals surface area contributed by atoms with Crippen LogP contribution in [0.3, 0.4) is 0 Å². The Labute approximate surface area is 137 Å². The van der Waals surface area contributed by atoms with E-state index < -0.39 is 0 Å². The highest BCUT2D eigenvalue weighted by Gasteiger charge is 2.38. The molecule has 5 nitrogen and oxygen atoms in total. The first kappa shape index (κ1) is 16.1. The number of methoxy groups -OCH3 is 2. The minimum atomic E-state index is -0.272. The van der Waals surface area contributed by atoms with Crippen LogP contribution < -0.4 is 14.8 Å². The summed E-state index contributed by atoms with van der Waals surface area (Å²) in [6.07, 6.45) is 2.90. The topological polar surface area (TPSA) is 50.8 Å². The highest BCUT2D eigenvalue weighted by molar-refractivity contribution is 5.83. The molecule has 2 aliphatic rings. The number of amides is 1. The number of hydrogen-bond acceptors (Lipinski definition) is 4. The van der Waals surface area contributed by atoms with Crippen LogP contribution in [0.2, 0.25) is 0 Å². The van der Waals surface area contributed by atoms with E-state index in [1.165, 1.54) is 5.56 Å². The van der Waals surface area contributed by atoms with Crippen LogP contribution in [0.25, 0.3) is 0 Å². The number of ether oxygens (including phenoxy) is 2. The quantitative estimate of drug-likeness (QED) is 0.926. The number of carbonyl (C=O) groups is 1. The molecule has 1 amide bonds. The number of piperidine rings is 1. The van der Waals surface area contributed by atoms with Crippen molar-refractivity contribution in [3.05, 3.63) is 23.3 Å². The van der Waals surface area contributed by atoms with Crippen molar-refractivity contribution < 1.29 is 14.3 Å². The summed E-state index contributed by atoms with van der Waals surface area (Å²) < 4.78 is 10.8. The van der Waals surface area contributed by atoms with Gasteiger partial charge in [-0.05, 0) is 56.0 Å². The largest absolute Gasteiger partial charge is 0.493 e. The average Bonchev–Trinajstić information content (AvgIpc) is 2.59. The fourth-order valence-electron chi connectivity index (χ4n) is 3.68. The van der Waals surface area contributed by atoms with Crippen LogP contribution in [0.4, 0.5) is 0 Å². The molecule has 1 aromatic rings. The molecule has 23 heavy (non-hydrogen) atoms. The normalized spacial score (nSPS) is 24.0. The van der Waals surface area contributed by atoms with Crippen molar-refractivity contribution in [3.8, 4) is 11.5 Å². The van der Waals surface area contributed by atoms with E-state index in [2.05, 4.69) is 12.2 Å². The Balaban J connectivity index is 1.80. The fraction of sp³-hybridized carbons (Fsp3) is 0.611. The van der Waals surface area contributed by atoms with Crippen molar-refractivity contribution >= 4 is 5.91 Å². The molecule has 3 rings (SSSR count). The smallest absolute Gasteiger partial charge is 0.230 e. The monoisotopic (exact) mass is 318 g/mol. The van der Waals surface area contributed by atoms with Gasteiger partial charge in [0.2, 0.25) is 5.91 Å². The summed E-state index contributed by atoms with van der Waals surface area (Å²) in [7, 11) is 3.30. The zero-order chi connectivity index (χ0) is 16.4. The van der Waals surface area contributed by atoms with E-state index in [1.54, 1.807) is 14.2 Å². The van der Waals surface area contributed by atoms with Crippen molar-refractivity contribution in [1.29, 1.82) is 0 Å². The Hall–Kier alpha value is -1.75. The van der Waals surface area contributed by atoms with Crippen molar-refractivity contribution in [3.63, 3.8) is 0 Å². The molecule has 0 spiro atoms. The molecule has 2 aliphatic heterocycles. The Morgan fingerprint density at radius 2 is 1.91 bits per heavy atom. The molecule has 2 heterocycles. The average molecular weight is 318 g/mol. The molecule has 0 saturated carbocycles. The van der Waals surface area contributed by atoms with E-state index in [4.69, 9.17) is 9.47 Å². The summed E-state index contributed by atoms with van der Waals surface area (Å²) >= 11 is 0. The highest BCUT2D eigenvalue weighted by Crippen LogP contribution is 2.35. The summed E-state index contributed by atoms with van der Waals surface area (Å²) in [4.78, 5) is 15.0. The SMILES string of the molecule is COc1cc2c(cc1OC)CN(C(=O)C1(C)CCCNC1)CC2. The molecule has 0 aromatic heterocycles. The van der Waals surface area contributed by atoms with Crippen molar-refractivity contribution in [2.75, 3.05) is 33.9 Å². The van der Waals surface area contributed by atoms with Gasteiger partial charge >= 0.3 is 0 Å². The third-order valence-electron chi connectivity index (χ3n) is 5.12. The predicted molar refractivity (Wildman–Crippen MR) is 88.9 cm³/mol. The van der Waals surface area contributed by atoms with Crippen LogP contribution in [0.5, 0.6) is 11.5 Å². The molecule has 1 aromatic carbocycles. The van der Waals surface area contributed by atoms with Gasteiger partial charge in [0.25, 0.3) is 0 Å². The van der Waals surface area contributed by atoms with E-state index in [1.807, 2.05) is 17.0 Å². The third kappa shape index (κ3) is 3.02. The first-order chi connectivity index (χ1) is 11.1. The molecule has 0 radical (unpaired) electrons. The number of benzene rings is 1. The zero-order valence-electron chi connectivity index (χ0n) is 14.3. The van der Waals surface area contributed by atoms with Gasteiger partial charge < -0.3 is 19.7 Å². The Morgan fingerprint density at radius 3 is 2.52 bits per heavy atom. The van der Waals surface area contributed by atoms with Gasteiger partial charge in [-0.15, -0.1) is 0 Å². The number of fused-ring (bicyclic) bond motifs is 1. The van der Waals surface area contributed by atoms with Crippen molar-refractivity contribution in [2.45, 2.75) is 32.7 Å². The minimum Gasteiger partial charge on any atom is -0.493 e. The molecule has 1 saturated heterocycles. The second-order valence-corrected chi connectivity index (χ2v) is 6.79. The van der Waals surface area contributed by atoms with E-state index in [-0.39, 0.29) is 11.3 Å². The summed E-state index contributed by atoms with van der Waals surface area (Å²) in [6, 6.07) is 4.05. The molecule has 1 unspecified atom stereocenters. The lowest BCUT2D eigenvalue weighted by Gasteiger charge is -2.39. The van der Waals surface area contributed by atoms with Gasteiger partial charge in [0.15, 0.2) is 11.5 Å². The van der Waals surface area contributed by atoms with Crippen molar-refractivity contribution in [1.82, 2.24) is 10.2 Å². The highest BCUT2D eigenvalue weighted by atomic mass is 16.5. The summed E-state index contributed by atoms with van der Waals surface area (Å²) in [5.41, 5.74) is 2.14. The van der Waals surface area contributed by atoms with Crippen LogP contribution >= 0.6 is 0 Å². The predicted octanol–water partition coefficient (Wildman–Crippen LogP) is 1.98. The molecule has 1 atom stereocenters. The van der Waals surface area contributed by atoms with Gasteiger partial charge in [0.05, 0.1) is 19.6 Å². The van der Waals surface area contributed by atoms with Gasteiger partial charge in [-0.25, -0.2) is 0 Å². The number of rotatable bonds is 3. The van der Waals surface area contributed by atoms with E-state index >= 15 is 0 Å². The van der Waals surface area contributed by atoms with Gasteiger partial charge in [-0.3, -0.25) is 4.79 Å². The maximum Gasteiger partial charge on any atom is 0.230 e. The molecule has 126 valence electrons. The first-order valence-electron chi connectivity index (χ1n) is 8.31. The lowest BCUT2D eigenvalue weighted by atomic mass is 9.81. The molecule has 1 fully saturated rings. The van der Waals surface area contributed by atoms with E-state index in [0.29, 0.717) is 6.54 Å². The first-order valence-corrected chi connectivity index (χ1v) is 8.31. The van der Waals surface area contributed by atoms with E-state index in [0.717, 1.165) is 56.0 Å². The second kappa shape index (κ2) is 6.40. The molecule has 5 heteroatoms. The third-order valence-corrected chi connectivity index (χ3v) is 5.12. The molecule has 0 aliphatic carbocycles. The van der Waals surface area contributed by atoms with Crippen LogP contribution in [0.1, 0.15) is 30.9 Å². The fourth-order valence-corrected chi connectivity index (χ4v) is 3.68. The lowest BCUT2D eigenvalue weighted by molar-refractivity contribution is -0.143. The molecule has 1 N–H and O–H groups in total. The minimum absolute atomic E-state index is 0.269. The van der Waals surface area contributed by atoms with Gasteiger partial charge in [0, 0.05) is 19.6 Å². The maximum absolute atomic E-state index is 13.0. The number of nitrogens with one attached hydrogen (secondary N) is 1. The second-order valence-electron chi connectivity index (χ2n) is 6.79. The molecule has 0 bridgehead atoms. The number of carbonyl (C=O) groups excluding carboxylic acids is 1. The molecular formula is C18H26N2O3. The Bertz CT molecular complexity index is 594. The summed E-state index contributed by atoms with van der Waals surface area (Å²) in [6.45, 7) is 5.32. The Morgan fingerprint density at radius 1 is 1.22 bits per heavy atom. The molecular weight excluding hydrogens is 292 g/mol. The lowest BCUT2D eigenvalue weighted by Crippen LogP contribution is -2.51. The van der Waals surface area contributed by atoms with Gasteiger partial charge in [-0.1, -0.05) is 0 Å². The van der Waals surface area contributed by atoms with Gasteiger partial charge in [0.1, 0.15) is 0 Å². The Kier molecular flexibility index (Phi) is 4.48.